The van der Waals surface area contributed by atoms with Gasteiger partial charge in [0.15, 0.2) is 0 Å². The lowest BCUT2D eigenvalue weighted by Crippen LogP contribution is -2.07. The van der Waals surface area contributed by atoms with Gasteiger partial charge in [-0.3, -0.25) is 0 Å². The lowest BCUT2D eigenvalue weighted by Gasteiger charge is -2.12. The Morgan fingerprint density at radius 3 is 2.76 bits per heavy atom. The summed E-state index contributed by atoms with van der Waals surface area (Å²) in [5.74, 6) is 1.35. The first-order chi connectivity index (χ1) is 8.13. The zero-order valence-electron chi connectivity index (χ0n) is 9.59. The molecule has 0 aliphatic carbocycles. The van der Waals surface area contributed by atoms with E-state index in [1.807, 2.05) is 25.2 Å². The van der Waals surface area contributed by atoms with Crippen LogP contribution in [0.5, 0.6) is 5.75 Å². The first kappa shape index (κ1) is 12.1. The fourth-order valence-electron chi connectivity index (χ4n) is 1.64. The van der Waals surface area contributed by atoms with Crippen molar-refractivity contribution >= 4 is 15.9 Å². The number of ether oxygens (including phenoxy) is 1. The van der Waals surface area contributed by atoms with Gasteiger partial charge in [-0.05, 0) is 33.6 Å². The Hall–Kier alpha value is -1.33. The van der Waals surface area contributed by atoms with Crippen molar-refractivity contribution in [2.24, 2.45) is 7.05 Å². The van der Waals surface area contributed by atoms with Crippen molar-refractivity contribution in [2.75, 3.05) is 7.11 Å². The predicted molar refractivity (Wildman–Crippen MR) is 68.0 cm³/mol. The Balaban J connectivity index is 2.35. The molecular weight excluding hydrogens is 284 g/mol. The summed E-state index contributed by atoms with van der Waals surface area (Å²) in [5.41, 5.74) is 0.770. The second-order valence-electron chi connectivity index (χ2n) is 3.69. The summed E-state index contributed by atoms with van der Waals surface area (Å²) in [6, 6.07) is 5.46. The topological polar surface area (TPSA) is 47.3 Å². The minimum Gasteiger partial charge on any atom is -0.496 e. The molecule has 0 aliphatic rings. The zero-order chi connectivity index (χ0) is 12.4. The summed E-state index contributed by atoms with van der Waals surface area (Å²) < 4.78 is 7.75. The monoisotopic (exact) mass is 296 g/mol. The Morgan fingerprint density at radius 1 is 1.47 bits per heavy atom. The predicted octanol–water partition coefficient (Wildman–Crippen LogP) is 2.27. The molecule has 2 rings (SSSR count). The second kappa shape index (κ2) is 4.89. The third-order valence-electron chi connectivity index (χ3n) is 2.59. The van der Waals surface area contributed by atoms with E-state index in [2.05, 4.69) is 20.9 Å². The Bertz CT molecular complexity index is 525. The van der Waals surface area contributed by atoms with Crippen molar-refractivity contribution in [2.45, 2.75) is 6.10 Å². The number of hydrogen-bond donors (Lipinski definition) is 1. The first-order valence-corrected chi connectivity index (χ1v) is 5.91. The highest BCUT2D eigenvalue weighted by atomic mass is 79.9. The quantitative estimate of drug-likeness (QED) is 0.945. The van der Waals surface area contributed by atoms with Crippen molar-refractivity contribution < 1.29 is 9.84 Å². The van der Waals surface area contributed by atoms with Crippen LogP contribution in [0.4, 0.5) is 0 Å². The Labute approximate surface area is 108 Å². The normalized spacial score (nSPS) is 12.5. The number of methoxy groups -OCH3 is 1. The van der Waals surface area contributed by atoms with E-state index in [-0.39, 0.29) is 0 Å². The van der Waals surface area contributed by atoms with Crippen LogP contribution in [-0.4, -0.2) is 21.8 Å². The van der Waals surface area contributed by atoms with Crippen molar-refractivity contribution in [3.63, 3.8) is 0 Å². The molecule has 0 spiro atoms. The van der Waals surface area contributed by atoms with E-state index in [0.717, 1.165) is 15.8 Å². The van der Waals surface area contributed by atoms with Gasteiger partial charge in [0.25, 0.3) is 0 Å². The molecule has 1 heterocycles. The molecule has 2 aromatic rings. The van der Waals surface area contributed by atoms with Crippen LogP contribution in [0.15, 0.2) is 35.1 Å². The molecule has 1 aromatic heterocycles. The first-order valence-electron chi connectivity index (χ1n) is 5.12. The van der Waals surface area contributed by atoms with Gasteiger partial charge in [-0.2, -0.15) is 0 Å². The standard InChI is InChI=1S/C12H13BrN2O2/c1-15-6-5-14-12(15)11(16)8-3-4-10(17-2)9(13)7-8/h3-7,11,16H,1-2H3. The number of benzene rings is 1. The van der Waals surface area contributed by atoms with Gasteiger partial charge in [-0.15, -0.1) is 0 Å². The van der Waals surface area contributed by atoms with Gasteiger partial charge in [0, 0.05) is 19.4 Å². The SMILES string of the molecule is COc1ccc(C(O)c2nccn2C)cc1Br. The van der Waals surface area contributed by atoms with Crippen LogP contribution in [-0.2, 0) is 7.05 Å². The van der Waals surface area contributed by atoms with E-state index in [1.54, 1.807) is 24.1 Å². The molecule has 90 valence electrons. The number of aliphatic hydroxyl groups is 1. The van der Waals surface area contributed by atoms with E-state index in [1.165, 1.54) is 0 Å². The molecule has 1 aromatic carbocycles. The summed E-state index contributed by atoms with van der Waals surface area (Å²) in [6.45, 7) is 0. The third kappa shape index (κ3) is 2.35. The van der Waals surface area contributed by atoms with Crippen LogP contribution in [0.1, 0.15) is 17.5 Å². The van der Waals surface area contributed by atoms with Gasteiger partial charge in [-0.1, -0.05) is 6.07 Å². The van der Waals surface area contributed by atoms with E-state index in [0.29, 0.717) is 5.82 Å². The molecule has 17 heavy (non-hydrogen) atoms. The number of rotatable bonds is 3. The molecule has 1 unspecified atom stereocenters. The van der Waals surface area contributed by atoms with Crippen molar-refractivity contribution in [1.82, 2.24) is 9.55 Å². The van der Waals surface area contributed by atoms with E-state index < -0.39 is 6.10 Å². The summed E-state index contributed by atoms with van der Waals surface area (Å²) in [7, 11) is 3.46. The zero-order valence-corrected chi connectivity index (χ0v) is 11.2. The second-order valence-corrected chi connectivity index (χ2v) is 4.55. The van der Waals surface area contributed by atoms with Gasteiger partial charge in [0.1, 0.15) is 17.7 Å². The van der Waals surface area contributed by atoms with Crippen molar-refractivity contribution in [3.8, 4) is 5.75 Å². The van der Waals surface area contributed by atoms with E-state index in [9.17, 15) is 5.11 Å². The number of aryl methyl sites for hydroxylation is 1. The van der Waals surface area contributed by atoms with Crippen molar-refractivity contribution in [3.05, 3.63) is 46.5 Å². The van der Waals surface area contributed by atoms with E-state index >= 15 is 0 Å². The molecule has 0 aliphatic heterocycles. The van der Waals surface area contributed by atoms with Gasteiger partial charge >= 0.3 is 0 Å². The Kier molecular flexibility index (Phi) is 3.49. The summed E-state index contributed by atoms with van der Waals surface area (Å²) in [5, 5.41) is 10.2. The molecule has 5 heteroatoms. The van der Waals surface area contributed by atoms with Crippen LogP contribution in [0, 0.1) is 0 Å². The number of aliphatic hydroxyl groups excluding tert-OH is 1. The van der Waals surface area contributed by atoms with Crippen LogP contribution in [0.25, 0.3) is 0 Å². The molecular formula is C12H13BrN2O2. The summed E-state index contributed by atoms with van der Waals surface area (Å²) >= 11 is 3.39. The minimum absolute atomic E-state index is 0.613. The number of imidazole rings is 1. The van der Waals surface area contributed by atoms with Gasteiger partial charge in [0.05, 0.1) is 11.6 Å². The molecule has 0 saturated carbocycles. The van der Waals surface area contributed by atoms with Crippen LogP contribution < -0.4 is 4.74 Å². The lowest BCUT2D eigenvalue weighted by molar-refractivity contribution is 0.206. The maximum atomic E-state index is 10.2. The number of hydrogen-bond acceptors (Lipinski definition) is 3. The molecule has 1 N–H and O–H groups in total. The van der Waals surface area contributed by atoms with Crippen LogP contribution in [0.3, 0.4) is 0 Å². The Morgan fingerprint density at radius 2 is 2.24 bits per heavy atom. The number of halogens is 1. The fraction of sp³-hybridized carbons (Fsp3) is 0.250. The smallest absolute Gasteiger partial charge is 0.142 e. The van der Waals surface area contributed by atoms with Crippen LogP contribution in [0.2, 0.25) is 0 Å². The summed E-state index contributed by atoms with van der Waals surface area (Å²) in [4.78, 5) is 4.13. The van der Waals surface area contributed by atoms with E-state index in [4.69, 9.17) is 4.74 Å². The highest BCUT2D eigenvalue weighted by molar-refractivity contribution is 9.10. The number of nitrogens with zero attached hydrogens (tertiary/aromatic N) is 2. The van der Waals surface area contributed by atoms with Crippen LogP contribution >= 0.6 is 15.9 Å². The molecule has 1 atom stereocenters. The minimum atomic E-state index is -0.739. The molecule has 0 radical (unpaired) electrons. The third-order valence-corrected chi connectivity index (χ3v) is 3.21. The average Bonchev–Trinajstić information content (AvgIpc) is 2.74. The molecule has 0 fully saturated rings. The molecule has 4 nitrogen and oxygen atoms in total. The highest BCUT2D eigenvalue weighted by Crippen LogP contribution is 2.29. The number of aromatic nitrogens is 2. The van der Waals surface area contributed by atoms with Gasteiger partial charge in [0.2, 0.25) is 0 Å². The maximum Gasteiger partial charge on any atom is 0.142 e. The largest absolute Gasteiger partial charge is 0.496 e. The van der Waals surface area contributed by atoms with Gasteiger partial charge < -0.3 is 14.4 Å². The van der Waals surface area contributed by atoms with Gasteiger partial charge in [-0.25, -0.2) is 4.98 Å². The molecule has 0 saturated heterocycles. The summed E-state index contributed by atoms with van der Waals surface area (Å²) in [6.07, 6.45) is 2.73. The average molecular weight is 297 g/mol. The molecule has 0 amide bonds. The fourth-order valence-corrected chi connectivity index (χ4v) is 2.20. The maximum absolute atomic E-state index is 10.2. The highest BCUT2D eigenvalue weighted by Gasteiger charge is 2.16. The lowest BCUT2D eigenvalue weighted by atomic mass is 10.1. The van der Waals surface area contributed by atoms with Crippen molar-refractivity contribution in [1.29, 1.82) is 0 Å². The molecule has 0 bridgehead atoms.